The second-order valence-corrected chi connectivity index (χ2v) is 7.37. The molecule has 0 bridgehead atoms. The Kier molecular flexibility index (Phi) is 6.82. The molecule has 5 heteroatoms. The van der Waals surface area contributed by atoms with Crippen LogP contribution in [0.3, 0.4) is 0 Å². The lowest BCUT2D eigenvalue weighted by atomic mass is 9.89. The number of hydrogen-bond acceptors (Lipinski definition) is 3. The smallest absolute Gasteiger partial charge is 0.244 e. The van der Waals surface area contributed by atoms with Crippen molar-refractivity contribution in [3.63, 3.8) is 0 Å². The van der Waals surface area contributed by atoms with Crippen LogP contribution in [0, 0.1) is 5.92 Å². The fourth-order valence-electron chi connectivity index (χ4n) is 3.82. The van der Waals surface area contributed by atoms with Crippen molar-refractivity contribution in [1.82, 2.24) is 10.6 Å². The first-order valence-electron chi connectivity index (χ1n) is 9.82. The molecule has 1 atom stereocenters. The molecule has 3 N–H and O–H groups in total. The lowest BCUT2D eigenvalue weighted by Crippen LogP contribution is -2.50. The van der Waals surface area contributed by atoms with Crippen LogP contribution in [0.2, 0.25) is 0 Å². The maximum atomic E-state index is 12.4. The van der Waals surface area contributed by atoms with E-state index in [0.29, 0.717) is 12.5 Å². The van der Waals surface area contributed by atoms with Gasteiger partial charge in [-0.3, -0.25) is 9.59 Å². The van der Waals surface area contributed by atoms with Gasteiger partial charge in [-0.05, 0) is 35.1 Å². The number of aliphatic hydroxyl groups is 1. The summed E-state index contributed by atoms with van der Waals surface area (Å²) in [5, 5.41) is 17.2. The molecule has 5 nitrogen and oxygen atoms in total. The Morgan fingerprint density at radius 2 is 1.78 bits per heavy atom. The largest absolute Gasteiger partial charge is 0.394 e. The average molecular weight is 368 g/mol. The predicted octanol–water partition coefficient (Wildman–Crippen LogP) is 2.56. The molecule has 0 unspecified atom stereocenters. The molecule has 1 aliphatic rings. The number of amides is 2. The van der Waals surface area contributed by atoms with Crippen LogP contribution in [0.5, 0.6) is 0 Å². The molecule has 3 rings (SSSR count). The topological polar surface area (TPSA) is 78.4 Å². The van der Waals surface area contributed by atoms with E-state index < -0.39 is 12.6 Å². The van der Waals surface area contributed by atoms with E-state index >= 15 is 0 Å². The van der Waals surface area contributed by atoms with Crippen LogP contribution < -0.4 is 10.6 Å². The number of carbonyl (C=O) groups excluding carboxylic acids is 2. The lowest BCUT2D eigenvalue weighted by Gasteiger charge is -2.23. The maximum Gasteiger partial charge on any atom is 0.244 e. The molecule has 0 aliphatic heterocycles. The summed E-state index contributed by atoms with van der Waals surface area (Å²) >= 11 is 0. The average Bonchev–Trinajstić information content (AvgIpc) is 2.71. The third kappa shape index (κ3) is 5.30. The van der Waals surface area contributed by atoms with Crippen molar-refractivity contribution in [3.05, 3.63) is 48.0 Å². The van der Waals surface area contributed by atoms with E-state index in [4.69, 9.17) is 0 Å². The third-order valence-corrected chi connectivity index (χ3v) is 5.35. The molecule has 0 heterocycles. The SMILES string of the molecule is O=C(Cc1cccc2ccccc12)N[C@@H](CO)C(=O)NCC1CCCCC1. The summed E-state index contributed by atoms with van der Waals surface area (Å²) in [6.45, 7) is 0.215. The summed E-state index contributed by atoms with van der Waals surface area (Å²) in [6, 6.07) is 12.8. The number of fused-ring (bicyclic) bond motifs is 1. The highest BCUT2D eigenvalue weighted by atomic mass is 16.3. The zero-order valence-electron chi connectivity index (χ0n) is 15.6. The Hall–Kier alpha value is -2.40. The molecular weight excluding hydrogens is 340 g/mol. The van der Waals surface area contributed by atoms with E-state index in [1.807, 2.05) is 42.5 Å². The lowest BCUT2D eigenvalue weighted by molar-refractivity contribution is -0.129. The first-order valence-corrected chi connectivity index (χ1v) is 9.82. The maximum absolute atomic E-state index is 12.4. The quantitative estimate of drug-likeness (QED) is 0.703. The summed E-state index contributed by atoms with van der Waals surface area (Å²) in [7, 11) is 0. The van der Waals surface area contributed by atoms with Crippen LogP contribution in [-0.4, -0.2) is 36.1 Å². The Balaban J connectivity index is 1.55. The second-order valence-electron chi connectivity index (χ2n) is 7.37. The summed E-state index contributed by atoms with van der Waals surface area (Å²) in [5.74, 6) is -0.0685. The standard InChI is InChI=1S/C22H28N2O3/c25-15-20(22(27)23-14-16-7-2-1-3-8-16)24-21(26)13-18-11-6-10-17-9-4-5-12-19(17)18/h4-6,9-12,16,20,25H,1-3,7-8,13-15H2,(H,23,27)(H,24,26)/t20-/m0/s1. The predicted molar refractivity (Wildman–Crippen MR) is 106 cm³/mol. The van der Waals surface area contributed by atoms with Crippen LogP contribution in [0.1, 0.15) is 37.7 Å². The molecule has 2 aromatic carbocycles. The summed E-state index contributed by atoms with van der Waals surface area (Å²) in [5.41, 5.74) is 0.907. The van der Waals surface area contributed by atoms with Crippen molar-refractivity contribution in [2.24, 2.45) is 5.92 Å². The molecule has 1 fully saturated rings. The van der Waals surface area contributed by atoms with E-state index in [1.54, 1.807) is 0 Å². The molecule has 144 valence electrons. The fraction of sp³-hybridized carbons (Fsp3) is 0.455. The van der Waals surface area contributed by atoms with Gasteiger partial charge in [-0.2, -0.15) is 0 Å². The van der Waals surface area contributed by atoms with Crippen LogP contribution >= 0.6 is 0 Å². The number of nitrogens with one attached hydrogen (secondary N) is 2. The minimum absolute atomic E-state index is 0.174. The van der Waals surface area contributed by atoms with Crippen molar-refractivity contribution in [2.45, 2.75) is 44.6 Å². The first-order chi connectivity index (χ1) is 13.2. The number of aliphatic hydroxyl groups excluding tert-OH is 1. The molecule has 0 saturated heterocycles. The van der Waals surface area contributed by atoms with Gasteiger partial charge < -0.3 is 15.7 Å². The fourth-order valence-corrected chi connectivity index (χ4v) is 3.82. The third-order valence-electron chi connectivity index (χ3n) is 5.35. The number of benzene rings is 2. The molecule has 2 amide bonds. The highest BCUT2D eigenvalue weighted by molar-refractivity contribution is 5.92. The molecule has 1 saturated carbocycles. The zero-order valence-corrected chi connectivity index (χ0v) is 15.6. The van der Waals surface area contributed by atoms with Crippen molar-refractivity contribution in [3.8, 4) is 0 Å². The van der Waals surface area contributed by atoms with E-state index in [1.165, 1.54) is 19.3 Å². The second kappa shape index (κ2) is 9.51. The van der Waals surface area contributed by atoms with Crippen LogP contribution in [0.15, 0.2) is 42.5 Å². The van der Waals surface area contributed by atoms with Crippen molar-refractivity contribution in [1.29, 1.82) is 0 Å². The summed E-state index contributed by atoms with van der Waals surface area (Å²) < 4.78 is 0. The Morgan fingerprint density at radius 3 is 2.56 bits per heavy atom. The van der Waals surface area contributed by atoms with Gasteiger partial charge in [0.25, 0.3) is 0 Å². The molecular formula is C22H28N2O3. The van der Waals surface area contributed by atoms with Crippen molar-refractivity contribution >= 4 is 22.6 Å². The summed E-state index contributed by atoms with van der Waals surface area (Å²) in [4.78, 5) is 24.8. The van der Waals surface area contributed by atoms with E-state index in [0.717, 1.165) is 29.2 Å². The summed E-state index contributed by atoms with van der Waals surface area (Å²) in [6.07, 6.45) is 6.15. The van der Waals surface area contributed by atoms with Gasteiger partial charge in [0, 0.05) is 6.54 Å². The zero-order chi connectivity index (χ0) is 19.1. The number of hydrogen-bond donors (Lipinski definition) is 3. The highest BCUT2D eigenvalue weighted by Crippen LogP contribution is 2.22. The monoisotopic (exact) mass is 368 g/mol. The van der Waals surface area contributed by atoms with Crippen molar-refractivity contribution < 1.29 is 14.7 Å². The highest BCUT2D eigenvalue weighted by Gasteiger charge is 2.22. The van der Waals surface area contributed by atoms with Gasteiger partial charge in [-0.15, -0.1) is 0 Å². The van der Waals surface area contributed by atoms with Crippen LogP contribution in [0.25, 0.3) is 10.8 Å². The molecule has 27 heavy (non-hydrogen) atoms. The Morgan fingerprint density at radius 1 is 1.04 bits per heavy atom. The normalized spacial score (nSPS) is 16.0. The molecule has 1 aliphatic carbocycles. The Labute approximate surface area is 160 Å². The van der Waals surface area contributed by atoms with Gasteiger partial charge in [-0.25, -0.2) is 0 Å². The molecule has 0 spiro atoms. The molecule has 0 radical (unpaired) electrons. The van der Waals surface area contributed by atoms with Gasteiger partial charge in [-0.1, -0.05) is 61.7 Å². The van der Waals surface area contributed by atoms with Crippen LogP contribution in [-0.2, 0) is 16.0 Å². The van der Waals surface area contributed by atoms with Gasteiger partial charge in [0.2, 0.25) is 11.8 Å². The minimum Gasteiger partial charge on any atom is -0.394 e. The Bertz CT molecular complexity index is 779. The van der Waals surface area contributed by atoms with E-state index in [9.17, 15) is 14.7 Å². The first kappa shape index (κ1) is 19.4. The van der Waals surface area contributed by atoms with Crippen LogP contribution in [0.4, 0.5) is 0 Å². The number of carbonyl (C=O) groups is 2. The van der Waals surface area contributed by atoms with Gasteiger partial charge >= 0.3 is 0 Å². The van der Waals surface area contributed by atoms with Gasteiger partial charge in [0.05, 0.1) is 13.0 Å². The van der Waals surface area contributed by atoms with Crippen molar-refractivity contribution in [2.75, 3.05) is 13.2 Å². The molecule has 2 aromatic rings. The molecule has 0 aromatic heterocycles. The van der Waals surface area contributed by atoms with Gasteiger partial charge in [0.15, 0.2) is 0 Å². The van der Waals surface area contributed by atoms with E-state index in [-0.39, 0.29) is 18.2 Å². The minimum atomic E-state index is -0.906. The van der Waals surface area contributed by atoms with E-state index in [2.05, 4.69) is 10.6 Å². The number of rotatable bonds is 7. The van der Waals surface area contributed by atoms with Gasteiger partial charge in [0.1, 0.15) is 6.04 Å².